The number of hydrogen-bond donors (Lipinski definition) is 2. The largest absolute Gasteiger partial charge is 0.497 e. The second-order valence-electron chi connectivity index (χ2n) is 7.62. The Morgan fingerprint density at radius 3 is 1.86 bits per heavy atom. The fraction of sp³-hybridized carbons (Fsp3) is 0.222. The van der Waals surface area contributed by atoms with E-state index in [9.17, 15) is 14.4 Å². The number of nitrogens with one attached hydrogen (secondary N) is 2. The number of amides is 2. The first-order valence-corrected chi connectivity index (χ1v) is 11.3. The molecular formula is C27H28N2O7. The van der Waals surface area contributed by atoms with E-state index < -0.39 is 18.5 Å². The highest BCUT2D eigenvalue weighted by Gasteiger charge is 2.10. The lowest BCUT2D eigenvalue weighted by molar-refractivity contribution is -0.147. The molecule has 0 aromatic heterocycles. The van der Waals surface area contributed by atoms with E-state index in [0.29, 0.717) is 40.8 Å². The van der Waals surface area contributed by atoms with Crippen LogP contribution in [0.25, 0.3) is 0 Å². The Morgan fingerprint density at radius 2 is 1.25 bits per heavy atom. The van der Waals surface area contributed by atoms with Crippen molar-refractivity contribution in [2.75, 3.05) is 31.5 Å². The van der Waals surface area contributed by atoms with Crippen LogP contribution >= 0.6 is 0 Å². The molecule has 9 heteroatoms. The van der Waals surface area contributed by atoms with Crippen LogP contribution in [-0.2, 0) is 19.1 Å². The van der Waals surface area contributed by atoms with Crippen LogP contribution in [0.5, 0.6) is 23.0 Å². The van der Waals surface area contributed by atoms with Gasteiger partial charge < -0.3 is 29.6 Å². The molecule has 0 saturated carbocycles. The minimum absolute atomic E-state index is 0.0227. The number of esters is 1. The SMILES string of the molecule is COc1ccc(NC(=O)COC(=O)CCCC(=O)Nc2ccc(Oc3ccccc3OC)cc2)cc1. The molecule has 0 aliphatic heterocycles. The van der Waals surface area contributed by atoms with Gasteiger partial charge in [-0.15, -0.1) is 0 Å². The van der Waals surface area contributed by atoms with Gasteiger partial charge in [0.2, 0.25) is 5.91 Å². The van der Waals surface area contributed by atoms with Gasteiger partial charge in [0.25, 0.3) is 5.91 Å². The second kappa shape index (κ2) is 13.4. The van der Waals surface area contributed by atoms with Crippen molar-refractivity contribution >= 4 is 29.2 Å². The van der Waals surface area contributed by atoms with Crippen molar-refractivity contribution in [2.24, 2.45) is 0 Å². The lowest BCUT2D eigenvalue weighted by atomic mass is 10.2. The van der Waals surface area contributed by atoms with Crippen LogP contribution in [-0.4, -0.2) is 38.6 Å². The van der Waals surface area contributed by atoms with Crippen LogP contribution in [0, 0.1) is 0 Å². The normalized spacial score (nSPS) is 10.2. The zero-order valence-corrected chi connectivity index (χ0v) is 20.1. The molecule has 3 aromatic carbocycles. The Kier molecular flexibility index (Phi) is 9.69. The number of methoxy groups -OCH3 is 2. The molecule has 3 rings (SSSR count). The summed E-state index contributed by atoms with van der Waals surface area (Å²) in [6.45, 7) is -0.402. The molecule has 0 saturated heterocycles. The average Bonchev–Trinajstić information content (AvgIpc) is 2.89. The maximum Gasteiger partial charge on any atom is 0.306 e. The summed E-state index contributed by atoms with van der Waals surface area (Å²) in [4.78, 5) is 36.0. The van der Waals surface area contributed by atoms with Crippen molar-refractivity contribution in [3.63, 3.8) is 0 Å². The van der Waals surface area contributed by atoms with E-state index in [4.69, 9.17) is 18.9 Å². The Bertz CT molecular complexity index is 1160. The molecule has 0 spiro atoms. The summed E-state index contributed by atoms with van der Waals surface area (Å²) in [7, 11) is 3.12. The summed E-state index contributed by atoms with van der Waals surface area (Å²) in [6.07, 6.45) is 0.446. The van der Waals surface area contributed by atoms with Crippen LogP contribution in [0.4, 0.5) is 11.4 Å². The van der Waals surface area contributed by atoms with Crippen molar-refractivity contribution in [3.8, 4) is 23.0 Å². The molecule has 0 bridgehead atoms. The van der Waals surface area contributed by atoms with Crippen LogP contribution in [0.15, 0.2) is 72.8 Å². The molecule has 2 N–H and O–H groups in total. The molecule has 3 aromatic rings. The molecule has 0 fully saturated rings. The van der Waals surface area contributed by atoms with Gasteiger partial charge in [-0.05, 0) is 67.1 Å². The average molecular weight is 493 g/mol. The van der Waals surface area contributed by atoms with E-state index in [2.05, 4.69) is 10.6 Å². The van der Waals surface area contributed by atoms with E-state index in [1.165, 1.54) is 0 Å². The molecule has 0 atom stereocenters. The number of rotatable bonds is 12. The first kappa shape index (κ1) is 26.1. The molecule has 188 valence electrons. The first-order valence-electron chi connectivity index (χ1n) is 11.3. The summed E-state index contributed by atoms with van der Waals surface area (Å²) in [5, 5.41) is 5.39. The van der Waals surface area contributed by atoms with Gasteiger partial charge in [0, 0.05) is 24.2 Å². The summed E-state index contributed by atoms with van der Waals surface area (Å²) in [6, 6.07) is 21.0. The molecule has 0 heterocycles. The van der Waals surface area contributed by atoms with Gasteiger partial charge in [0.15, 0.2) is 18.1 Å². The van der Waals surface area contributed by atoms with E-state index in [1.807, 2.05) is 12.1 Å². The fourth-order valence-corrected chi connectivity index (χ4v) is 3.14. The lowest BCUT2D eigenvalue weighted by Crippen LogP contribution is -2.21. The summed E-state index contributed by atoms with van der Waals surface area (Å²) < 4.78 is 21.1. The molecule has 0 unspecified atom stereocenters. The first-order chi connectivity index (χ1) is 17.5. The Labute approximate surface area is 209 Å². The van der Waals surface area contributed by atoms with E-state index in [0.717, 1.165) is 0 Å². The highest BCUT2D eigenvalue weighted by atomic mass is 16.5. The second-order valence-corrected chi connectivity index (χ2v) is 7.62. The number of para-hydroxylation sites is 2. The van der Waals surface area contributed by atoms with E-state index in [1.54, 1.807) is 74.9 Å². The maximum absolute atomic E-state index is 12.2. The number of benzene rings is 3. The Hall–Kier alpha value is -4.53. The molecule has 0 aliphatic rings. The molecule has 0 aliphatic carbocycles. The predicted octanol–water partition coefficient (Wildman–Crippen LogP) is 4.79. The van der Waals surface area contributed by atoms with Crippen molar-refractivity contribution in [3.05, 3.63) is 72.8 Å². The summed E-state index contributed by atoms with van der Waals surface area (Å²) in [5.41, 5.74) is 1.16. The number of anilines is 2. The Balaban J connectivity index is 1.33. The maximum atomic E-state index is 12.2. The Morgan fingerprint density at radius 1 is 0.667 bits per heavy atom. The van der Waals surface area contributed by atoms with Gasteiger partial charge in [0.05, 0.1) is 14.2 Å². The molecule has 9 nitrogen and oxygen atoms in total. The van der Waals surface area contributed by atoms with Crippen LogP contribution in [0.2, 0.25) is 0 Å². The third-order valence-electron chi connectivity index (χ3n) is 4.96. The number of ether oxygens (including phenoxy) is 4. The predicted molar refractivity (Wildman–Crippen MR) is 135 cm³/mol. The van der Waals surface area contributed by atoms with Gasteiger partial charge in [-0.1, -0.05) is 12.1 Å². The minimum Gasteiger partial charge on any atom is -0.497 e. The smallest absolute Gasteiger partial charge is 0.306 e. The zero-order valence-electron chi connectivity index (χ0n) is 20.1. The van der Waals surface area contributed by atoms with Gasteiger partial charge in [-0.3, -0.25) is 14.4 Å². The van der Waals surface area contributed by atoms with Crippen molar-refractivity contribution in [2.45, 2.75) is 19.3 Å². The monoisotopic (exact) mass is 492 g/mol. The van der Waals surface area contributed by atoms with Gasteiger partial charge >= 0.3 is 5.97 Å². The molecule has 36 heavy (non-hydrogen) atoms. The third kappa shape index (κ3) is 8.35. The van der Waals surface area contributed by atoms with Crippen LogP contribution in [0.1, 0.15) is 19.3 Å². The summed E-state index contributed by atoms with van der Waals surface area (Å²) >= 11 is 0. The van der Waals surface area contributed by atoms with Gasteiger partial charge in [0.1, 0.15) is 11.5 Å². The van der Waals surface area contributed by atoms with E-state index >= 15 is 0 Å². The number of hydrogen-bond acceptors (Lipinski definition) is 7. The number of carbonyl (C=O) groups is 3. The quantitative estimate of drug-likeness (QED) is 0.350. The summed E-state index contributed by atoms with van der Waals surface area (Å²) in [5.74, 6) is 1.22. The van der Waals surface area contributed by atoms with Crippen LogP contribution in [0.3, 0.4) is 0 Å². The van der Waals surface area contributed by atoms with Crippen LogP contribution < -0.4 is 24.8 Å². The minimum atomic E-state index is -0.550. The lowest BCUT2D eigenvalue weighted by Gasteiger charge is -2.11. The fourth-order valence-electron chi connectivity index (χ4n) is 3.14. The molecule has 2 amide bonds. The standard InChI is InChI=1S/C27H28N2O7/c1-33-21-14-10-20(11-15-21)29-26(31)18-35-27(32)9-5-8-25(30)28-19-12-16-22(17-13-19)36-24-7-4-3-6-23(24)34-2/h3-4,6-7,10-17H,5,8-9,18H2,1-2H3,(H,28,30)(H,29,31). The van der Waals surface area contributed by atoms with Gasteiger partial charge in [-0.2, -0.15) is 0 Å². The van der Waals surface area contributed by atoms with Crippen molar-refractivity contribution in [1.82, 2.24) is 0 Å². The van der Waals surface area contributed by atoms with Gasteiger partial charge in [-0.25, -0.2) is 0 Å². The van der Waals surface area contributed by atoms with Crippen molar-refractivity contribution in [1.29, 1.82) is 0 Å². The molecule has 0 radical (unpaired) electrons. The zero-order chi connectivity index (χ0) is 25.8. The third-order valence-corrected chi connectivity index (χ3v) is 4.96. The topological polar surface area (TPSA) is 112 Å². The highest BCUT2D eigenvalue weighted by molar-refractivity contribution is 5.93. The molecular weight excluding hydrogens is 464 g/mol. The highest BCUT2D eigenvalue weighted by Crippen LogP contribution is 2.31. The van der Waals surface area contributed by atoms with E-state index in [-0.39, 0.29) is 18.7 Å². The number of carbonyl (C=O) groups excluding carboxylic acids is 3. The van der Waals surface area contributed by atoms with Crippen molar-refractivity contribution < 1.29 is 33.3 Å².